The molecule has 0 saturated carbocycles. The minimum atomic E-state index is -4.40. The first kappa shape index (κ1) is 21.5. The lowest BCUT2D eigenvalue weighted by Crippen LogP contribution is -2.57. The van der Waals surface area contributed by atoms with Crippen LogP contribution in [-0.2, 0) is 15.7 Å². The van der Waals surface area contributed by atoms with Gasteiger partial charge in [-0.3, -0.25) is 0 Å². The summed E-state index contributed by atoms with van der Waals surface area (Å²) >= 11 is 0. The highest BCUT2D eigenvalue weighted by Crippen LogP contribution is 2.34. The van der Waals surface area contributed by atoms with Crippen LogP contribution in [0.1, 0.15) is 12.0 Å². The average molecular weight is 433 g/mol. The summed E-state index contributed by atoms with van der Waals surface area (Å²) in [5, 5.41) is 24.3. The Morgan fingerprint density at radius 2 is 1.84 bits per heavy atom. The number of alkyl halides is 3. The minimum Gasteiger partial charge on any atom is -0.383 e. The van der Waals surface area contributed by atoms with Gasteiger partial charge in [0.15, 0.2) is 5.82 Å². The number of anilines is 1. The number of fused-ring (bicyclic) bond motifs is 1. The molecule has 4 rings (SSSR count). The zero-order valence-corrected chi connectivity index (χ0v) is 16.8. The average Bonchev–Trinajstić information content (AvgIpc) is 2.75. The summed E-state index contributed by atoms with van der Waals surface area (Å²) in [5.41, 5.74) is -0.926. The molecule has 1 saturated heterocycles. The molecule has 2 aromatic carbocycles. The topological polar surface area (TPSA) is 76.5 Å². The van der Waals surface area contributed by atoms with Crippen molar-refractivity contribution in [3.05, 3.63) is 54.1 Å². The Morgan fingerprint density at radius 1 is 1.13 bits per heavy atom. The molecule has 0 radical (unpaired) electrons. The van der Waals surface area contributed by atoms with E-state index in [1.165, 1.54) is 19.2 Å². The third-order valence-electron chi connectivity index (χ3n) is 5.43. The maximum atomic E-state index is 12.9. The number of nitrogens with one attached hydrogen (secondary N) is 1. The minimum absolute atomic E-state index is 0.0969. The molecule has 1 aromatic heterocycles. The smallest absolute Gasteiger partial charge is 0.383 e. The first-order valence-electron chi connectivity index (χ1n) is 9.80. The number of hydrogen-bond acceptors (Lipinski definition) is 6. The van der Waals surface area contributed by atoms with Crippen LogP contribution in [0.3, 0.4) is 0 Å². The number of aromatic nitrogens is 2. The Hall–Kier alpha value is -2.75. The van der Waals surface area contributed by atoms with Crippen molar-refractivity contribution in [2.75, 3.05) is 32.2 Å². The quantitative estimate of drug-likeness (QED) is 0.636. The lowest BCUT2D eigenvalue weighted by molar-refractivity contribution is -0.137. The van der Waals surface area contributed by atoms with E-state index in [4.69, 9.17) is 9.47 Å². The van der Waals surface area contributed by atoms with Gasteiger partial charge >= 0.3 is 6.18 Å². The van der Waals surface area contributed by atoms with Crippen LogP contribution in [-0.4, -0.2) is 53.9 Å². The van der Waals surface area contributed by atoms with E-state index in [1.54, 1.807) is 0 Å². The van der Waals surface area contributed by atoms with E-state index >= 15 is 0 Å². The molecule has 1 fully saturated rings. The molecule has 1 aliphatic rings. The molecule has 31 heavy (non-hydrogen) atoms. The Balaban J connectivity index is 1.70. The van der Waals surface area contributed by atoms with E-state index in [0.29, 0.717) is 30.1 Å². The number of rotatable bonds is 5. The van der Waals surface area contributed by atoms with Gasteiger partial charge in [0.25, 0.3) is 0 Å². The van der Waals surface area contributed by atoms with Gasteiger partial charge in [-0.2, -0.15) is 13.2 Å². The molecule has 2 heterocycles. The highest BCUT2D eigenvalue weighted by Gasteiger charge is 2.40. The Labute approximate surface area is 177 Å². The summed E-state index contributed by atoms with van der Waals surface area (Å²) in [6.07, 6.45) is -3.85. The van der Waals surface area contributed by atoms with Crippen LogP contribution in [0.25, 0.3) is 22.0 Å². The summed E-state index contributed by atoms with van der Waals surface area (Å²) < 4.78 is 49.3. The summed E-state index contributed by atoms with van der Waals surface area (Å²) in [6, 6.07) is 11.9. The SMILES string of the molecule is COC[C@@]1(O)COCC[C@H]1Nc1nnc(-c2ccc(C(F)(F)F)cc2)c2ccccc12. The molecule has 9 heteroatoms. The maximum absolute atomic E-state index is 12.9. The second-order valence-corrected chi connectivity index (χ2v) is 7.59. The third-order valence-corrected chi connectivity index (χ3v) is 5.43. The van der Waals surface area contributed by atoms with Gasteiger partial charge in [-0.25, -0.2) is 0 Å². The molecular formula is C22H22F3N3O3. The van der Waals surface area contributed by atoms with Crippen molar-refractivity contribution >= 4 is 16.6 Å². The zero-order valence-electron chi connectivity index (χ0n) is 16.8. The van der Waals surface area contributed by atoms with Crippen LogP contribution in [0.5, 0.6) is 0 Å². The van der Waals surface area contributed by atoms with E-state index in [9.17, 15) is 18.3 Å². The van der Waals surface area contributed by atoms with Crippen LogP contribution in [0.15, 0.2) is 48.5 Å². The van der Waals surface area contributed by atoms with Crippen LogP contribution in [0, 0.1) is 0 Å². The Bertz CT molecular complexity index is 1060. The second-order valence-electron chi connectivity index (χ2n) is 7.59. The summed E-state index contributed by atoms with van der Waals surface area (Å²) in [6.45, 7) is 0.714. The van der Waals surface area contributed by atoms with Gasteiger partial charge in [-0.15, -0.1) is 10.2 Å². The molecule has 3 aromatic rings. The van der Waals surface area contributed by atoms with E-state index in [1.807, 2.05) is 24.3 Å². The van der Waals surface area contributed by atoms with E-state index in [0.717, 1.165) is 22.9 Å². The van der Waals surface area contributed by atoms with Crippen LogP contribution in [0.2, 0.25) is 0 Å². The monoisotopic (exact) mass is 433 g/mol. The van der Waals surface area contributed by atoms with Crippen molar-refractivity contribution in [2.45, 2.75) is 24.2 Å². The van der Waals surface area contributed by atoms with Gasteiger partial charge in [-0.1, -0.05) is 36.4 Å². The first-order chi connectivity index (χ1) is 14.8. The lowest BCUT2D eigenvalue weighted by Gasteiger charge is -2.39. The molecule has 0 amide bonds. The molecule has 0 aliphatic carbocycles. The highest BCUT2D eigenvalue weighted by molar-refractivity contribution is 6.00. The van der Waals surface area contributed by atoms with Gasteiger partial charge < -0.3 is 19.9 Å². The molecule has 1 aliphatic heterocycles. The van der Waals surface area contributed by atoms with Crippen LogP contribution in [0.4, 0.5) is 19.0 Å². The molecule has 0 unspecified atom stereocenters. The number of aliphatic hydroxyl groups is 1. The Morgan fingerprint density at radius 3 is 2.52 bits per heavy atom. The number of hydrogen-bond donors (Lipinski definition) is 2. The van der Waals surface area contributed by atoms with E-state index in [-0.39, 0.29) is 19.3 Å². The fourth-order valence-corrected chi connectivity index (χ4v) is 3.82. The van der Waals surface area contributed by atoms with Crippen LogP contribution >= 0.6 is 0 Å². The number of benzene rings is 2. The molecule has 0 bridgehead atoms. The normalized spacial score (nSPS) is 21.9. The van der Waals surface area contributed by atoms with Crippen molar-refractivity contribution in [1.29, 1.82) is 0 Å². The first-order valence-corrected chi connectivity index (χ1v) is 9.80. The maximum Gasteiger partial charge on any atom is 0.416 e. The lowest BCUT2D eigenvalue weighted by atomic mass is 9.91. The Kier molecular flexibility index (Phi) is 5.83. The summed E-state index contributed by atoms with van der Waals surface area (Å²) in [5.74, 6) is 0.479. The van der Waals surface area contributed by atoms with Gasteiger partial charge in [-0.05, 0) is 18.6 Å². The molecule has 2 atom stereocenters. The predicted molar refractivity (Wildman–Crippen MR) is 110 cm³/mol. The molecular weight excluding hydrogens is 411 g/mol. The fraction of sp³-hybridized carbons (Fsp3) is 0.364. The number of ether oxygens (including phenoxy) is 2. The largest absolute Gasteiger partial charge is 0.416 e. The van der Waals surface area contributed by atoms with Crippen molar-refractivity contribution in [1.82, 2.24) is 10.2 Å². The van der Waals surface area contributed by atoms with Crippen molar-refractivity contribution in [3.63, 3.8) is 0 Å². The van der Waals surface area contributed by atoms with Gasteiger partial charge in [0.05, 0.1) is 24.8 Å². The van der Waals surface area contributed by atoms with Crippen molar-refractivity contribution in [2.24, 2.45) is 0 Å². The molecule has 164 valence electrons. The highest BCUT2D eigenvalue weighted by atomic mass is 19.4. The van der Waals surface area contributed by atoms with Gasteiger partial charge in [0.2, 0.25) is 0 Å². The summed E-state index contributed by atoms with van der Waals surface area (Å²) in [4.78, 5) is 0. The summed E-state index contributed by atoms with van der Waals surface area (Å²) in [7, 11) is 1.51. The van der Waals surface area contributed by atoms with Gasteiger partial charge in [0.1, 0.15) is 11.3 Å². The fourth-order valence-electron chi connectivity index (χ4n) is 3.82. The van der Waals surface area contributed by atoms with Crippen molar-refractivity contribution in [3.8, 4) is 11.3 Å². The zero-order chi connectivity index (χ0) is 22.1. The molecule has 6 nitrogen and oxygen atoms in total. The number of nitrogens with zero attached hydrogens (tertiary/aromatic N) is 2. The number of methoxy groups -OCH3 is 1. The number of halogens is 3. The second kappa shape index (κ2) is 8.41. The standard InChI is InChI=1S/C22H22F3N3O3/c1-30-12-21(29)13-31-11-10-18(21)26-20-17-5-3-2-4-16(17)19(27-28-20)14-6-8-15(9-7-14)22(23,24)25/h2-9,18,29H,10-13H2,1H3,(H,26,28)/t18-,21-/m1/s1. The predicted octanol–water partition coefficient (Wildman–Crippen LogP) is 3.89. The van der Waals surface area contributed by atoms with Gasteiger partial charge in [0, 0.05) is 30.1 Å². The van der Waals surface area contributed by atoms with Crippen molar-refractivity contribution < 1.29 is 27.8 Å². The molecule has 2 N–H and O–H groups in total. The van der Waals surface area contributed by atoms with E-state index < -0.39 is 17.3 Å². The van der Waals surface area contributed by atoms with E-state index in [2.05, 4.69) is 15.5 Å². The molecule has 0 spiro atoms. The van der Waals surface area contributed by atoms with Crippen LogP contribution < -0.4 is 5.32 Å². The third kappa shape index (κ3) is 4.34.